The normalized spacial score (nSPS) is 25.6. The van der Waals surface area contributed by atoms with Gasteiger partial charge < -0.3 is 15.3 Å². The van der Waals surface area contributed by atoms with Crippen LogP contribution in [0.15, 0.2) is 0 Å². The molecule has 0 aliphatic carbocycles. The molecule has 0 radical (unpaired) electrons. The van der Waals surface area contributed by atoms with Gasteiger partial charge >= 0.3 is 0 Å². The van der Waals surface area contributed by atoms with Gasteiger partial charge in [-0.3, -0.25) is 9.69 Å². The lowest BCUT2D eigenvalue weighted by Gasteiger charge is -2.45. The molecular weight excluding hydrogens is 242 g/mol. The van der Waals surface area contributed by atoms with Crippen molar-refractivity contribution in [2.45, 2.75) is 44.2 Å². The summed E-state index contributed by atoms with van der Waals surface area (Å²) in [4.78, 5) is 16.3. The molecule has 110 valence electrons. The third kappa shape index (κ3) is 3.46. The summed E-state index contributed by atoms with van der Waals surface area (Å²) in [5.41, 5.74) is 0.238. The molecule has 2 aliphatic rings. The summed E-state index contributed by atoms with van der Waals surface area (Å²) in [6.07, 6.45) is 4.41. The van der Waals surface area contributed by atoms with Crippen molar-refractivity contribution >= 4 is 5.91 Å². The first-order valence-corrected chi connectivity index (χ1v) is 7.42. The number of aliphatic hydroxyl groups is 1. The summed E-state index contributed by atoms with van der Waals surface area (Å²) in [6.45, 7) is 6.27. The van der Waals surface area contributed by atoms with Crippen LogP contribution in [0.4, 0.5) is 0 Å². The van der Waals surface area contributed by atoms with Gasteiger partial charge in [0.2, 0.25) is 5.91 Å². The minimum absolute atomic E-state index is 0.118. The van der Waals surface area contributed by atoms with Crippen molar-refractivity contribution in [3.63, 3.8) is 0 Å². The molecule has 0 bridgehead atoms. The van der Waals surface area contributed by atoms with Gasteiger partial charge in [0, 0.05) is 32.2 Å². The second-order valence-electron chi connectivity index (χ2n) is 6.07. The second-order valence-corrected chi connectivity index (χ2v) is 6.07. The fourth-order valence-corrected chi connectivity index (χ4v) is 3.59. The maximum atomic E-state index is 11.6. The molecule has 2 rings (SSSR count). The van der Waals surface area contributed by atoms with E-state index in [1.807, 2.05) is 6.92 Å². The Labute approximate surface area is 115 Å². The first-order chi connectivity index (χ1) is 9.05. The minimum atomic E-state index is -0.250. The number of piperidine rings is 1. The molecule has 19 heavy (non-hydrogen) atoms. The lowest BCUT2D eigenvalue weighted by atomic mass is 9.85. The van der Waals surface area contributed by atoms with E-state index >= 15 is 0 Å². The van der Waals surface area contributed by atoms with Gasteiger partial charge in [-0.2, -0.15) is 0 Å². The Hall–Kier alpha value is -0.650. The van der Waals surface area contributed by atoms with Gasteiger partial charge in [-0.1, -0.05) is 0 Å². The smallest absolute Gasteiger partial charge is 0.233 e. The molecule has 5 heteroatoms. The van der Waals surface area contributed by atoms with E-state index in [-0.39, 0.29) is 17.6 Å². The molecule has 1 amide bonds. The molecule has 1 spiro atoms. The first-order valence-electron chi connectivity index (χ1n) is 7.42. The minimum Gasteiger partial charge on any atom is -0.392 e. The van der Waals surface area contributed by atoms with E-state index in [2.05, 4.69) is 15.1 Å². The molecule has 0 saturated carbocycles. The Balaban J connectivity index is 1.91. The fourth-order valence-electron chi connectivity index (χ4n) is 3.59. The third-order valence-electron chi connectivity index (χ3n) is 4.66. The molecule has 0 aromatic carbocycles. The number of carbonyl (C=O) groups excluding carboxylic acids is 1. The summed E-state index contributed by atoms with van der Waals surface area (Å²) in [5, 5.41) is 12.2. The molecule has 0 aromatic heterocycles. The van der Waals surface area contributed by atoms with Gasteiger partial charge in [0.05, 0.1) is 12.6 Å². The van der Waals surface area contributed by atoms with Crippen molar-refractivity contribution in [2.24, 2.45) is 0 Å². The zero-order chi connectivity index (χ0) is 13.9. The zero-order valence-corrected chi connectivity index (χ0v) is 12.2. The van der Waals surface area contributed by atoms with Crippen molar-refractivity contribution in [3.8, 4) is 0 Å². The van der Waals surface area contributed by atoms with Gasteiger partial charge in [-0.15, -0.1) is 0 Å². The van der Waals surface area contributed by atoms with Crippen LogP contribution in [-0.2, 0) is 4.79 Å². The molecule has 2 saturated heterocycles. The van der Waals surface area contributed by atoms with Gasteiger partial charge in [0.1, 0.15) is 0 Å². The molecule has 1 atom stereocenters. The van der Waals surface area contributed by atoms with Crippen molar-refractivity contribution < 1.29 is 9.90 Å². The number of carbonyl (C=O) groups is 1. The summed E-state index contributed by atoms with van der Waals surface area (Å²) >= 11 is 0. The van der Waals surface area contributed by atoms with Crippen LogP contribution in [0.1, 0.15) is 32.6 Å². The molecule has 0 aromatic rings. The Kier molecular flexibility index (Phi) is 4.81. The molecule has 5 nitrogen and oxygen atoms in total. The number of hydrogen-bond acceptors (Lipinski definition) is 4. The highest BCUT2D eigenvalue weighted by atomic mass is 16.3. The van der Waals surface area contributed by atoms with E-state index in [4.69, 9.17) is 0 Å². The number of aliphatic hydroxyl groups excluding tert-OH is 1. The quantitative estimate of drug-likeness (QED) is 0.757. The molecule has 1 unspecified atom stereocenters. The van der Waals surface area contributed by atoms with Crippen molar-refractivity contribution in [1.82, 2.24) is 15.1 Å². The maximum absolute atomic E-state index is 11.6. The SMILES string of the molecule is CNC(=O)CN1CCCC12CCN(CC(C)O)CC2. The van der Waals surface area contributed by atoms with E-state index in [0.717, 1.165) is 39.0 Å². The average molecular weight is 269 g/mol. The van der Waals surface area contributed by atoms with Crippen LogP contribution < -0.4 is 5.32 Å². The Morgan fingerprint density at radius 2 is 2.00 bits per heavy atom. The Morgan fingerprint density at radius 3 is 2.58 bits per heavy atom. The standard InChI is InChI=1S/C14H27N3O2/c1-12(18)10-16-8-5-14(6-9-16)4-3-7-17(14)11-13(19)15-2/h12,18H,3-11H2,1-2H3,(H,15,19). The van der Waals surface area contributed by atoms with Crippen LogP contribution in [0.25, 0.3) is 0 Å². The second kappa shape index (κ2) is 6.20. The van der Waals surface area contributed by atoms with Crippen LogP contribution >= 0.6 is 0 Å². The summed E-state index contributed by atoms with van der Waals surface area (Å²) in [7, 11) is 1.70. The lowest BCUT2D eigenvalue weighted by molar-refractivity contribution is -0.123. The Bertz CT molecular complexity index is 312. The number of likely N-dealkylation sites (tertiary alicyclic amines) is 2. The van der Waals surface area contributed by atoms with E-state index < -0.39 is 0 Å². The van der Waals surface area contributed by atoms with Crippen LogP contribution in [0.2, 0.25) is 0 Å². The highest BCUT2D eigenvalue weighted by molar-refractivity contribution is 5.77. The fraction of sp³-hybridized carbons (Fsp3) is 0.929. The number of β-amino-alcohol motifs (C(OH)–C–C–N with tert-alkyl or cyclic N) is 1. The topological polar surface area (TPSA) is 55.8 Å². The molecule has 2 fully saturated rings. The predicted molar refractivity (Wildman–Crippen MR) is 75.0 cm³/mol. The number of nitrogens with one attached hydrogen (secondary N) is 1. The van der Waals surface area contributed by atoms with Gasteiger partial charge in [0.15, 0.2) is 0 Å². The van der Waals surface area contributed by atoms with E-state index in [1.54, 1.807) is 7.05 Å². The third-order valence-corrected chi connectivity index (χ3v) is 4.66. The summed E-state index contributed by atoms with van der Waals surface area (Å²) < 4.78 is 0. The number of amides is 1. The van der Waals surface area contributed by atoms with Crippen molar-refractivity contribution in [1.29, 1.82) is 0 Å². The van der Waals surface area contributed by atoms with Crippen molar-refractivity contribution in [3.05, 3.63) is 0 Å². The van der Waals surface area contributed by atoms with Gasteiger partial charge in [0.25, 0.3) is 0 Å². The lowest BCUT2D eigenvalue weighted by Crippen LogP contribution is -2.54. The Morgan fingerprint density at radius 1 is 1.32 bits per heavy atom. The first kappa shape index (κ1) is 14.8. The largest absolute Gasteiger partial charge is 0.392 e. The molecular formula is C14H27N3O2. The van der Waals surface area contributed by atoms with Gasteiger partial charge in [-0.05, 0) is 39.2 Å². The van der Waals surface area contributed by atoms with E-state index in [0.29, 0.717) is 6.54 Å². The van der Waals surface area contributed by atoms with Crippen LogP contribution in [0.3, 0.4) is 0 Å². The highest BCUT2D eigenvalue weighted by Gasteiger charge is 2.43. The van der Waals surface area contributed by atoms with Crippen LogP contribution in [0, 0.1) is 0 Å². The monoisotopic (exact) mass is 269 g/mol. The van der Waals surface area contributed by atoms with Crippen molar-refractivity contribution in [2.75, 3.05) is 39.8 Å². The summed E-state index contributed by atoms with van der Waals surface area (Å²) in [6, 6.07) is 0. The molecule has 2 aliphatic heterocycles. The average Bonchev–Trinajstić information content (AvgIpc) is 2.75. The molecule has 2 heterocycles. The van der Waals surface area contributed by atoms with E-state index in [9.17, 15) is 9.90 Å². The van der Waals surface area contributed by atoms with Gasteiger partial charge in [-0.25, -0.2) is 0 Å². The predicted octanol–water partition coefficient (Wildman–Crippen LogP) is 0.0436. The maximum Gasteiger partial charge on any atom is 0.233 e. The summed E-state index contributed by atoms with van der Waals surface area (Å²) in [5.74, 6) is 0.118. The highest BCUT2D eigenvalue weighted by Crippen LogP contribution is 2.38. The molecule has 2 N–H and O–H groups in total. The number of nitrogens with zero attached hydrogens (tertiary/aromatic N) is 2. The number of hydrogen-bond donors (Lipinski definition) is 2. The van der Waals surface area contributed by atoms with Crippen LogP contribution in [-0.4, -0.2) is 72.2 Å². The number of likely N-dealkylation sites (N-methyl/N-ethyl adjacent to an activating group) is 1. The van der Waals surface area contributed by atoms with Crippen LogP contribution in [0.5, 0.6) is 0 Å². The van der Waals surface area contributed by atoms with E-state index in [1.165, 1.54) is 12.8 Å². The number of rotatable bonds is 4. The zero-order valence-electron chi connectivity index (χ0n) is 12.2.